The molecule has 1 aromatic rings. The highest BCUT2D eigenvalue weighted by molar-refractivity contribution is 5.97. The number of ketones is 1. The highest BCUT2D eigenvalue weighted by Gasteiger charge is 2.25. The van der Waals surface area contributed by atoms with E-state index in [2.05, 4.69) is 0 Å². The van der Waals surface area contributed by atoms with Crippen LogP contribution in [-0.2, 0) is 4.79 Å². The van der Waals surface area contributed by atoms with Gasteiger partial charge < -0.3 is 5.11 Å². The Morgan fingerprint density at radius 2 is 2.00 bits per heavy atom. The van der Waals surface area contributed by atoms with E-state index in [-0.39, 0.29) is 23.7 Å². The first-order chi connectivity index (χ1) is 7.91. The monoisotopic (exact) mass is 238 g/mol. The van der Waals surface area contributed by atoms with Crippen LogP contribution in [0.1, 0.15) is 30.6 Å². The third-order valence-corrected chi connectivity index (χ3v) is 2.67. The molecule has 4 heteroatoms. The first-order valence-corrected chi connectivity index (χ1v) is 5.43. The molecule has 0 saturated carbocycles. The number of carbonyl (C=O) groups excluding carboxylic acids is 1. The van der Waals surface area contributed by atoms with Gasteiger partial charge in [0.1, 0.15) is 5.82 Å². The van der Waals surface area contributed by atoms with E-state index in [0.29, 0.717) is 0 Å². The Kier molecular flexibility index (Phi) is 4.37. The fraction of sp³-hybridized carbons (Fsp3) is 0.385. The third kappa shape index (κ3) is 3.66. The molecule has 0 aliphatic rings. The fourth-order valence-electron chi connectivity index (χ4n) is 1.59. The average molecular weight is 238 g/mol. The summed E-state index contributed by atoms with van der Waals surface area (Å²) in [5.41, 5.74) is 0.219. The van der Waals surface area contributed by atoms with Gasteiger partial charge in [-0.15, -0.1) is 0 Å². The molecule has 0 amide bonds. The number of rotatable bonds is 5. The van der Waals surface area contributed by atoms with Crippen molar-refractivity contribution in [2.75, 3.05) is 0 Å². The summed E-state index contributed by atoms with van der Waals surface area (Å²) in [4.78, 5) is 22.7. The molecule has 1 N–H and O–H groups in total. The fourth-order valence-corrected chi connectivity index (χ4v) is 1.59. The number of carboxylic acid groups (broad SMARTS) is 1. The lowest BCUT2D eigenvalue weighted by Crippen LogP contribution is -2.23. The Labute approximate surface area is 99.3 Å². The number of carbonyl (C=O) groups is 2. The van der Waals surface area contributed by atoms with Gasteiger partial charge in [-0.3, -0.25) is 9.59 Å². The highest BCUT2D eigenvalue weighted by atomic mass is 19.1. The topological polar surface area (TPSA) is 54.4 Å². The maximum atomic E-state index is 12.9. The zero-order valence-corrected chi connectivity index (χ0v) is 9.81. The minimum absolute atomic E-state index is 0.101. The molecule has 0 heterocycles. The van der Waals surface area contributed by atoms with E-state index >= 15 is 0 Å². The normalized spacial score (nSPS) is 12.5. The van der Waals surface area contributed by atoms with Crippen molar-refractivity contribution in [1.29, 1.82) is 0 Å². The molecule has 0 aliphatic carbocycles. The second-order valence-corrected chi connectivity index (χ2v) is 4.33. The summed E-state index contributed by atoms with van der Waals surface area (Å²) in [6.45, 7) is 3.50. The number of Topliss-reactive ketones (excluding diaryl/α,β-unsaturated/α-hetero) is 1. The predicted octanol–water partition coefficient (Wildman–Crippen LogP) is 2.76. The van der Waals surface area contributed by atoms with Crippen LogP contribution in [0.2, 0.25) is 0 Å². The number of hydrogen-bond donors (Lipinski definition) is 1. The molecule has 0 aliphatic heterocycles. The first-order valence-electron chi connectivity index (χ1n) is 5.43. The van der Waals surface area contributed by atoms with Gasteiger partial charge >= 0.3 is 5.97 Å². The van der Waals surface area contributed by atoms with Crippen LogP contribution < -0.4 is 0 Å². The summed E-state index contributed by atoms with van der Waals surface area (Å²) in [5, 5.41) is 8.97. The molecule has 1 rings (SSSR count). The largest absolute Gasteiger partial charge is 0.481 e. The summed E-state index contributed by atoms with van der Waals surface area (Å²) >= 11 is 0. The maximum absolute atomic E-state index is 12.9. The van der Waals surface area contributed by atoms with Gasteiger partial charge in [-0.1, -0.05) is 26.0 Å². The molecule has 0 bridgehead atoms. The van der Waals surface area contributed by atoms with Crippen molar-refractivity contribution in [3.05, 3.63) is 35.6 Å². The van der Waals surface area contributed by atoms with E-state index in [1.165, 1.54) is 18.2 Å². The zero-order valence-electron chi connectivity index (χ0n) is 9.81. The van der Waals surface area contributed by atoms with Crippen LogP contribution in [-0.4, -0.2) is 16.9 Å². The lowest BCUT2D eigenvalue weighted by Gasteiger charge is -2.15. The van der Waals surface area contributed by atoms with E-state index in [0.717, 1.165) is 6.07 Å². The van der Waals surface area contributed by atoms with Crippen molar-refractivity contribution in [3.8, 4) is 0 Å². The lowest BCUT2D eigenvalue weighted by molar-refractivity contribution is -0.143. The smallest absolute Gasteiger partial charge is 0.307 e. The van der Waals surface area contributed by atoms with Gasteiger partial charge in [-0.25, -0.2) is 4.39 Å². The second kappa shape index (κ2) is 5.57. The molecule has 0 radical (unpaired) electrons. The number of benzene rings is 1. The Morgan fingerprint density at radius 3 is 2.47 bits per heavy atom. The van der Waals surface area contributed by atoms with Crippen LogP contribution in [0.5, 0.6) is 0 Å². The quantitative estimate of drug-likeness (QED) is 0.802. The average Bonchev–Trinajstić information content (AvgIpc) is 2.24. The van der Waals surface area contributed by atoms with E-state index in [1.54, 1.807) is 13.8 Å². The number of carboxylic acids is 1. The molecule has 3 nitrogen and oxygen atoms in total. The number of halogens is 1. The van der Waals surface area contributed by atoms with Crippen molar-refractivity contribution in [3.63, 3.8) is 0 Å². The van der Waals surface area contributed by atoms with Crippen molar-refractivity contribution in [1.82, 2.24) is 0 Å². The van der Waals surface area contributed by atoms with Gasteiger partial charge in [0.25, 0.3) is 0 Å². The van der Waals surface area contributed by atoms with Gasteiger partial charge in [-0.2, -0.15) is 0 Å². The molecule has 17 heavy (non-hydrogen) atoms. The van der Waals surface area contributed by atoms with Crippen LogP contribution in [0.3, 0.4) is 0 Å². The standard InChI is InChI=1S/C13H15FO3/c1-8(2)11(13(16)17)7-12(15)9-4-3-5-10(14)6-9/h3-6,8,11H,7H2,1-2H3,(H,16,17). The highest BCUT2D eigenvalue weighted by Crippen LogP contribution is 2.18. The van der Waals surface area contributed by atoms with Crippen molar-refractivity contribution < 1.29 is 19.1 Å². The molecule has 1 atom stereocenters. The van der Waals surface area contributed by atoms with E-state index in [1.807, 2.05) is 0 Å². The Morgan fingerprint density at radius 1 is 1.35 bits per heavy atom. The third-order valence-electron chi connectivity index (χ3n) is 2.67. The van der Waals surface area contributed by atoms with Crippen LogP contribution >= 0.6 is 0 Å². The molecule has 0 spiro atoms. The predicted molar refractivity (Wildman–Crippen MR) is 61.3 cm³/mol. The van der Waals surface area contributed by atoms with Crippen molar-refractivity contribution >= 4 is 11.8 Å². The first kappa shape index (κ1) is 13.4. The van der Waals surface area contributed by atoms with Crippen LogP contribution in [0, 0.1) is 17.7 Å². The molecule has 0 aromatic heterocycles. The van der Waals surface area contributed by atoms with Gasteiger partial charge in [0.2, 0.25) is 0 Å². The minimum Gasteiger partial charge on any atom is -0.481 e. The van der Waals surface area contributed by atoms with Crippen LogP contribution in [0.15, 0.2) is 24.3 Å². The Balaban J connectivity index is 2.81. The van der Waals surface area contributed by atoms with Crippen molar-refractivity contribution in [2.45, 2.75) is 20.3 Å². The summed E-state index contributed by atoms with van der Waals surface area (Å²) in [5.74, 6) is -2.70. The second-order valence-electron chi connectivity index (χ2n) is 4.33. The molecule has 0 fully saturated rings. The lowest BCUT2D eigenvalue weighted by atomic mass is 9.89. The van der Waals surface area contributed by atoms with E-state index in [9.17, 15) is 14.0 Å². The summed E-state index contributed by atoms with van der Waals surface area (Å²) in [7, 11) is 0. The van der Waals surface area contributed by atoms with Gasteiger partial charge in [0.05, 0.1) is 5.92 Å². The van der Waals surface area contributed by atoms with Gasteiger partial charge in [0, 0.05) is 12.0 Å². The molecule has 92 valence electrons. The van der Waals surface area contributed by atoms with Crippen molar-refractivity contribution in [2.24, 2.45) is 11.8 Å². The molecular weight excluding hydrogens is 223 g/mol. The van der Waals surface area contributed by atoms with E-state index in [4.69, 9.17) is 5.11 Å². The zero-order chi connectivity index (χ0) is 13.0. The SMILES string of the molecule is CC(C)C(CC(=O)c1cccc(F)c1)C(=O)O. The minimum atomic E-state index is -0.996. The Hall–Kier alpha value is -1.71. The van der Waals surface area contributed by atoms with Gasteiger partial charge in [0.15, 0.2) is 5.78 Å². The number of aliphatic carboxylic acids is 1. The molecule has 1 unspecified atom stereocenters. The number of hydrogen-bond acceptors (Lipinski definition) is 2. The van der Waals surface area contributed by atoms with Crippen LogP contribution in [0.4, 0.5) is 4.39 Å². The van der Waals surface area contributed by atoms with Crippen LogP contribution in [0.25, 0.3) is 0 Å². The molecular formula is C13H15FO3. The summed E-state index contributed by atoms with van der Waals surface area (Å²) in [6, 6.07) is 5.30. The van der Waals surface area contributed by atoms with E-state index < -0.39 is 17.7 Å². The Bertz CT molecular complexity index is 426. The summed E-state index contributed by atoms with van der Waals surface area (Å²) < 4.78 is 12.9. The molecule has 1 aromatic carbocycles. The maximum Gasteiger partial charge on any atom is 0.307 e. The molecule has 0 saturated heterocycles. The summed E-state index contributed by atoms with van der Waals surface area (Å²) in [6.07, 6.45) is -0.101. The van der Waals surface area contributed by atoms with Gasteiger partial charge in [-0.05, 0) is 18.1 Å².